The lowest BCUT2D eigenvalue weighted by Gasteiger charge is -2.25. The monoisotopic (exact) mass is 390 g/mol. The number of hydrogen-bond donors (Lipinski definition) is 1. The number of hydrogen-bond acceptors (Lipinski definition) is 8. The van der Waals surface area contributed by atoms with Crippen molar-refractivity contribution in [3.05, 3.63) is 44.0 Å². The Morgan fingerprint density at radius 3 is 2.93 bits per heavy atom. The van der Waals surface area contributed by atoms with Crippen LogP contribution in [0.2, 0.25) is 0 Å². The summed E-state index contributed by atoms with van der Waals surface area (Å²) in [5, 5.41) is 23.0. The number of anilines is 1. The molecular weight excluding hydrogens is 376 g/mol. The number of nitriles is 1. The number of nitrogens with zero attached hydrogens (tertiary/aromatic N) is 3. The van der Waals surface area contributed by atoms with Crippen LogP contribution >= 0.6 is 11.3 Å². The number of rotatable bonds is 4. The highest BCUT2D eigenvalue weighted by atomic mass is 32.1. The number of carbonyl (C=O) groups excluding carboxylic acids is 2. The summed E-state index contributed by atoms with van der Waals surface area (Å²) in [6.45, 7) is 2.69. The van der Waals surface area contributed by atoms with E-state index >= 15 is 0 Å². The summed E-state index contributed by atoms with van der Waals surface area (Å²) in [5.74, 6) is -1.47. The lowest BCUT2D eigenvalue weighted by Crippen LogP contribution is -2.35. The van der Waals surface area contributed by atoms with Crippen molar-refractivity contribution in [3.8, 4) is 6.07 Å². The number of carbonyl (C=O) groups is 2. The first-order valence-corrected chi connectivity index (χ1v) is 8.78. The summed E-state index contributed by atoms with van der Waals surface area (Å²) in [5.41, 5.74) is 1.11. The molecule has 0 spiro atoms. The molecule has 1 aliphatic heterocycles. The van der Waals surface area contributed by atoms with E-state index < -0.39 is 22.8 Å². The molecule has 1 N–H and O–H groups in total. The molecule has 0 aromatic carbocycles. The molecule has 2 aromatic heterocycles. The first-order chi connectivity index (χ1) is 12.9. The molecule has 0 aliphatic carbocycles. The van der Waals surface area contributed by atoms with Crippen LogP contribution in [-0.2, 0) is 17.7 Å². The third-order valence-corrected chi connectivity index (χ3v) is 5.05. The minimum absolute atomic E-state index is 0.231. The number of thiophene rings is 1. The maximum Gasteiger partial charge on any atom is 0.433 e. The van der Waals surface area contributed by atoms with Crippen LogP contribution in [0.4, 0.5) is 15.7 Å². The maximum absolute atomic E-state index is 12.3. The molecular formula is C16H14N4O6S. The molecule has 27 heavy (non-hydrogen) atoms. The second kappa shape index (κ2) is 7.46. The van der Waals surface area contributed by atoms with Crippen LogP contribution in [-0.4, -0.2) is 35.0 Å². The first kappa shape index (κ1) is 18.4. The van der Waals surface area contributed by atoms with E-state index in [2.05, 4.69) is 11.4 Å². The van der Waals surface area contributed by atoms with E-state index in [1.807, 2.05) is 0 Å². The maximum atomic E-state index is 12.3. The number of furan rings is 1. The average molecular weight is 390 g/mol. The molecule has 1 aliphatic rings. The Kier molecular flexibility index (Phi) is 5.09. The van der Waals surface area contributed by atoms with Crippen molar-refractivity contribution < 1.29 is 23.7 Å². The van der Waals surface area contributed by atoms with Gasteiger partial charge in [-0.05, 0) is 25.0 Å². The van der Waals surface area contributed by atoms with Gasteiger partial charge in [-0.1, -0.05) is 0 Å². The van der Waals surface area contributed by atoms with Crippen molar-refractivity contribution in [2.45, 2.75) is 19.9 Å². The van der Waals surface area contributed by atoms with Crippen LogP contribution in [0.3, 0.4) is 0 Å². The van der Waals surface area contributed by atoms with Crippen LogP contribution in [0.1, 0.15) is 33.5 Å². The summed E-state index contributed by atoms with van der Waals surface area (Å²) in [7, 11) is 0. The molecule has 0 unspecified atom stereocenters. The summed E-state index contributed by atoms with van der Waals surface area (Å²) < 4.78 is 9.86. The molecule has 0 radical (unpaired) electrons. The Morgan fingerprint density at radius 1 is 1.52 bits per heavy atom. The topological polar surface area (TPSA) is 139 Å². The Balaban J connectivity index is 1.81. The highest BCUT2D eigenvalue weighted by molar-refractivity contribution is 7.16. The SMILES string of the molecule is CCOC(=O)N1CCc2c(sc(NC(=O)c3ccc([N+](=O)[O-])o3)c2C#N)C1. The van der Waals surface area contributed by atoms with Crippen LogP contribution in [0.15, 0.2) is 16.5 Å². The Bertz CT molecular complexity index is 957. The number of nitro groups is 1. The highest BCUT2D eigenvalue weighted by Gasteiger charge is 2.28. The molecule has 2 amide bonds. The fourth-order valence-electron chi connectivity index (χ4n) is 2.69. The van der Waals surface area contributed by atoms with E-state index in [1.165, 1.54) is 22.3 Å². The largest absolute Gasteiger partial charge is 0.450 e. The fraction of sp³-hybridized carbons (Fsp3) is 0.312. The van der Waals surface area contributed by atoms with Gasteiger partial charge in [-0.2, -0.15) is 5.26 Å². The standard InChI is InChI=1S/C16H14N4O6S/c1-2-25-16(22)19-6-5-9-10(7-17)15(27-12(9)8-19)18-14(21)11-3-4-13(26-11)20(23)24/h3-4H,2,5-6,8H2,1H3,(H,18,21). The smallest absolute Gasteiger partial charge is 0.433 e. The van der Waals surface area contributed by atoms with E-state index in [0.717, 1.165) is 16.5 Å². The third-order valence-electron chi connectivity index (χ3n) is 3.92. The van der Waals surface area contributed by atoms with Gasteiger partial charge in [0.05, 0.1) is 24.8 Å². The number of amides is 2. The van der Waals surface area contributed by atoms with Crippen LogP contribution in [0, 0.1) is 21.4 Å². The summed E-state index contributed by atoms with van der Waals surface area (Å²) >= 11 is 1.18. The van der Waals surface area contributed by atoms with Gasteiger partial charge in [0.15, 0.2) is 5.76 Å². The molecule has 0 saturated heterocycles. The van der Waals surface area contributed by atoms with Crippen LogP contribution in [0.25, 0.3) is 0 Å². The number of fused-ring (bicyclic) bond motifs is 1. The second-order valence-electron chi connectivity index (χ2n) is 5.54. The van der Waals surface area contributed by atoms with Gasteiger partial charge in [-0.25, -0.2) is 4.79 Å². The van der Waals surface area contributed by atoms with Gasteiger partial charge in [-0.15, -0.1) is 11.3 Å². The molecule has 0 fully saturated rings. The molecule has 140 valence electrons. The minimum Gasteiger partial charge on any atom is -0.450 e. The van der Waals surface area contributed by atoms with Crippen molar-refractivity contribution >= 4 is 34.2 Å². The van der Waals surface area contributed by atoms with Crippen LogP contribution < -0.4 is 5.32 Å². The summed E-state index contributed by atoms with van der Waals surface area (Å²) in [6.07, 6.45) is 0.0406. The highest BCUT2D eigenvalue weighted by Crippen LogP contribution is 2.37. The second-order valence-corrected chi connectivity index (χ2v) is 6.64. The lowest BCUT2D eigenvalue weighted by molar-refractivity contribution is -0.402. The Labute approximate surface area is 157 Å². The normalized spacial score (nSPS) is 12.8. The zero-order valence-electron chi connectivity index (χ0n) is 14.2. The molecule has 10 nitrogen and oxygen atoms in total. The first-order valence-electron chi connectivity index (χ1n) is 7.96. The third kappa shape index (κ3) is 3.61. The van der Waals surface area contributed by atoms with Gasteiger partial charge in [-0.3, -0.25) is 14.9 Å². The van der Waals surface area contributed by atoms with Crippen molar-refractivity contribution in [1.82, 2.24) is 4.90 Å². The Morgan fingerprint density at radius 2 is 2.30 bits per heavy atom. The number of ether oxygens (including phenoxy) is 1. The van der Waals surface area contributed by atoms with Crippen molar-refractivity contribution in [2.75, 3.05) is 18.5 Å². The van der Waals surface area contributed by atoms with Crippen LogP contribution in [0.5, 0.6) is 0 Å². The quantitative estimate of drug-likeness (QED) is 0.625. The van der Waals surface area contributed by atoms with E-state index in [4.69, 9.17) is 9.15 Å². The summed E-state index contributed by atoms with van der Waals surface area (Å²) in [4.78, 5) is 36.4. The molecule has 0 saturated carbocycles. The predicted molar refractivity (Wildman–Crippen MR) is 93.5 cm³/mol. The molecule has 0 atom stereocenters. The van der Waals surface area contributed by atoms with Gasteiger partial charge >= 0.3 is 12.0 Å². The van der Waals surface area contributed by atoms with Crippen molar-refractivity contribution in [1.29, 1.82) is 5.26 Å². The van der Waals surface area contributed by atoms with Gasteiger partial charge < -0.3 is 19.4 Å². The molecule has 2 aromatic rings. The number of nitrogens with one attached hydrogen (secondary N) is 1. The fourth-order valence-corrected chi connectivity index (χ4v) is 3.90. The van der Waals surface area contributed by atoms with Crippen molar-refractivity contribution in [3.63, 3.8) is 0 Å². The molecule has 0 bridgehead atoms. The van der Waals surface area contributed by atoms with E-state index in [9.17, 15) is 25.0 Å². The van der Waals surface area contributed by atoms with Crippen molar-refractivity contribution in [2.24, 2.45) is 0 Å². The lowest BCUT2D eigenvalue weighted by atomic mass is 10.0. The molecule has 3 rings (SSSR count). The summed E-state index contributed by atoms with van der Waals surface area (Å²) in [6, 6.07) is 4.35. The zero-order chi connectivity index (χ0) is 19.6. The molecule has 11 heteroatoms. The van der Waals surface area contributed by atoms with E-state index in [-0.39, 0.29) is 18.9 Å². The van der Waals surface area contributed by atoms with Gasteiger partial charge in [0, 0.05) is 11.4 Å². The average Bonchev–Trinajstić information content (AvgIpc) is 3.26. The Hall–Kier alpha value is -3.39. The molecule has 3 heterocycles. The minimum atomic E-state index is -0.745. The van der Waals surface area contributed by atoms with Gasteiger partial charge in [0.2, 0.25) is 0 Å². The van der Waals surface area contributed by atoms with Gasteiger partial charge in [0.1, 0.15) is 16.0 Å². The zero-order valence-corrected chi connectivity index (χ0v) is 15.0. The van der Waals surface area contributed by atoms with Gasteiger partial charge in [0.25, 0.3) is 5.91 Å². The predicted octanol–water partition coefficient (Wildman–Crippen LogP) is 2.89. The van der Waals surface area contributed by atoms with E-state index in [1.54, 1.807) is 6.92 Å². The van der Waals surface area contributed by atoms with E-state index in [0.29, 0.717) is 23.5 Å².